The van der Waals surface area contributed by atoms with Crippen molar-refractivity contribution in [1.82, 2.24) is 14.6 Å². The first-order chi connectivity index (χ1) is 15.8. The normalized spacial score (nSPS) is 11.0. The van der Waals surface area contributed by atoms with Gasteiger partial charge in [0.2, 0.25) is 0 Å². The van der Waals surface area contributed by atoms with Gasteiger partial charge in [-0.15, -0.1) is 10.2 Å². The highest BCUT2D eigenvalue weighted by Crippen LogP contribution is 2.33. The number of aromatic nitrogens is 3. The van der Waals surface area contributed by atoms with Crippen LogP contribution in [-0.4, -0.2) is 14.6 Å². The zero-order chi connectivity index (χ0) is 22.1. The summed E-state index contributed by atoms with van der Waals surface area (Å²) in [5, 5.41) is 12.7. The summed E-state index contributed by atoms with van der Waals surface area (Å²) < 4.78 is 2.19. The first-order valence-electron chi connectivity index (χ1n) is 11.1. The fourth-order valence-corrected chi connectivity index (χ4v) is 4.29. The number of fused-ring (bicyclic) bond motifs is 6. The Hall–Kier alpha value is -3.98. The molecule has 0 radical (unpaired) electrons. The summed E-state index contributed by atoms with van der Waals surface area (Å²) in [6, 6.07) is 34.0. The molecular weight excluding hydrogens is 390 g/mol. The fraction of sp³-hybridized carbons (Fsp3) is 0.103. The van der Waals surface area contributed by atoms with E-state index in [1.807, 2.05) is 19.9 Å². The SMILES string of the molecule is CC.Cc1ccc2c(c1)c1ccccc1c1nnc(-c3ccc(-c4ccccc4)cc3)n21. The average Bonchev–Trinajstić information content (AvgIpc) is 3.32. The Labute approximate surface area is 188 Å². The third-order valence-corrected chi connectivity index (χ3v) is 5.76. The molecule has 4 aromatic carbocycles. The minimum atomic E-state index is 0.865. The minimum Gasteiger partial charge on any atom is -0.274 e. The predicted octanol–water partition coefficient (Wildman–Crippen LogP) is 7.70. The monoisotopic (exact) mass is 415 g/mol. The first-order valence-corrected chi connectivity index (χ1v) is 11.1. The second-order valence-corrected chi connectivity index (χ2v) is 7.69. The molecule has 6 aromatic rings. The van der Waals surface area contributed by atoms with Gasteiger partial charge in [0, 0.05) is 16.3 Å². The van der Waals surface area contributed by atoms with E-state index < -0.39 is 0 Å². The lowest BCUT2D eigenvalue weighted by molar-refractivity contribution is 1.12. The average molecular weight is 416 g/mol. The molecule has 0 aliphatic heterocycles. The number of rotatable bonds is 2. The van der Waals surface area contributed by atoms with E-state index in [1.165, 1.54) is 27.5 Å². The Kier molecular flexibility index (Phi) is 5.16. The van der Waals surface area contributed by atoms with Crippen LogP contribution >= 0.6 is 0 Å². The van der Waals surface area contributed by atoms with Crippen LogP contribution in [0.2, 0.25) is 0 Å². The van der Waals surface area contributed by atoms with Gasteiger partial charge in [0.15, 0.2) is 11.5 Å². The molecule has 3 heteroatoms. The molecule has 6 rings (SSSR count). The number of hydrogen-bond acceptors (Lipinski definition) is 2. The van der Waals surface area contributed by atoms with Crippen molar-refractivity contribution >= 4 is 27.3 Å². The molecule has 0 aliphatic rings. The summed E-state index contributed by atoms with van der Waals surface area (Å²) in [5.41, 5.74) is 6.72. The molecule has 3 nitrogen and oxygen atoms in total. The van der Waals surface area contributed by atoms with E-state index in [2.05, 4.69) is 113 Å². The lowest BCUT2D eigenvalue weighted by Gasteiger charge is -2.10. The smallest absolute Gasteiger partial charge is 0.169 e. The van der Waals surface area contributed by atoms with Crippen LogP contribution in [0.15, 0.2) is 97.1 Å². The molecule has 0 N–H and O–H groups in total. The molecule has 0 unspecified atom stereocenters. The summed E-state index contributed by atoms with van der Waals surface area (Å²) >= 11 is 0. The molecule has 0 saturated carbocycles. The van der Waals surface area contributed by atoms with Crippen LogP contribution in [0.3, 0.4) is 0 Å². The van der Waals surface area contributed by atoms with Crippen LogP contribution in [0.1, 0.15) is 19.4 Å². The van der Waals surface area contributed by atoms with Gasteiger partial charge < -0.3 is 0 Å². The van der Waals surface area contributed by atoms with Gasteiger partial charge in [0.25, 0.3) is 0 Å². The van der Waals surface area contributed by atoms with Gasteiger partial charge in [0.05, 0.1) is 5.52 Å². The quantitative estimate of drug-likeness (QED) is 0.271. The van der Waals surface area contributed by atoms with Gasteiger partial charge in [-0.2, -0.15) is 0 Å². The zero-order valence-corrected chi connectivity index (χ0v) is 18.6. The molecule has 0 atom stereocenters. The molecular formula is C29H25N3. The lowest BCUT2D eigenvalue weighted by Crippen LogP contribution is -1.94. The fourth-order valence-electron chi connectivity index (χ4n) is 4.29. The number of pyridine rings is 1. The van der Waals surface area contributed by atoms with Crippen molar-refractivity contribution in [3.63, 3.8) is 0 Å². The van der Waals surface area contributed by atoms with Crippen molar-refractivity contribution in [1.29, 1.82) is 0 Å². The molecule has 0 saturated heterocycles. The molecule has 156 valence electrons. The maximum Gasteiger partial charge on any atom is 0.169 e. The van der Waals surface area contributed by atoms with E-state index in [1.54, 1.807) is 0 Å². The van der Waals surface area contributed by atoms with E-state index in [4.69, 9.17) is 0 Å². The van der Waals surface area contributed by atoms with Gasteiger partial charge >= 0.3 is 0 Å². The summed E-state index contributed by atoms with van der Waals surface area (Å²) in [7, 11) is 0. The molecule has 2 aromatic heterocycles. The van der Waals surface area contributed by atoms with E-state index >= 15 is 0 Å². The third kappa shape index (κ3) is 3.23. The van der Waals surface area contributed by atoms with Crippen LogP contribution < -0.4 is 0 Å². The summed E-state index contributed by atoms with van der Waals surface area (Å²) in [5.74, 6) is 0.865. The van der Waals surface area contributed by atoms with Crippen molar-refractivity contribution in [2.75, 3.05) is 0 Å². The molecule has 32 heavy (non-hydrogen) atoms. The summed E-state index contributed by atoms with van der Waals surface area (Å²) in [4.78, 5) is 0. The highest BCUT2D eigenvalue weighted by atomic mass is 15.2. The second kappa shape index (κ2) is 8.27. The molecule has 0 spiro atoms. The first kappa shape index (κ1) is 20.0. The zero-order valence-electron chi connectivity index (χ0n) is 18.6. The van der Waals surface area contributed by atoms with Gasteiger partial charge in [-0.1, -0.05) is 104 Å². The third-order valence-electron chi connectivity index (χ3n) is 5.76. The van der Waals surface area contributed by atoms with Gasteiger partial charge in [-0.05, 0) is 35.6 Å². The largest absolute Gasteiger partial charge is 0.274 e. The standard InChI is InChI=1S/C27H19N3.C2H6/c1-18-11-16-25-24(17-18)22-9-5-6-10-23(22)27-29-28-26(30(25)27)21-14-12-20(13-15-21)19-7-3-2-4-8-19;1-2/h2-17H,1H3;1-2H3. The Bertz CT molecular complexity index is 1530. The maximum absolute atomic E-state index is 4.60. The van der Waals surface area contributed by atoms with E-state index in [-0.39, 0.29) is 0 Å². The van der Waals surface area contributed by atoms with Crippen molar-refractivity contribution < 1.29 is 0 Å². The molecule has 0 fully saturated rings. The number of nitrogens with zero attached hydrogens (tertiary/aromatic N) is 3. The Morgan fingerprint density at radius 1 is 0.562 bits per heavy atom. The van der Waals surface area contributed by atoms with Crippen LogP contribution in [0.4, 0.5) is 0 Å². The Morgan fingerprint density at radius 3 is 1.94 bits per heavy atom. The lowest BCUT2D eigenvalue weighted by atomic mass is 10.0. The number of benzene rings is 4. The van der Waals surface area contributed by atoms with Crippen molar-refractivity contribution in [3.05, 3.63) is 103 Å². The van der Waals surface area contributed by atoms with Crippen molar-refractivity contribution in [3.8, 4) is 22.5 Å². The van der Waals surface area contributed by atoms with Crippen LogP contribution in [0.25, 0.3) is 49.8 Å². The Morgan fingerprint density at radius 2 is 1.19 bits per heavy atom. The van der Waals surface area contributed by atoms with Crippen LogP contribution in [0.5, 0.6) is 0 Å². The van der Waals surface area contributed by atoms with Gasteiger partial charge in [-0.25, -0.2) is 0 Å². The number of hydrogen-bond donors (Lipinski definition) is 0. The van der Waals surface area contributed by atoms with Crippen molar-refractivity contribution in [2.45, 2.75) is 20.8 Å². The van der Waals surface area contributed by atoms with E-state index in [9.17, 15) is 0 Å². The summed E-state index contributed by atoms with van der Waals surface area (Å²) in [6.45, 7) is 6.13. The van der Waals surface area contributed by atoms with Crippen LogP contribution in [-0.2, 0) is 0 Å². The maximum atomic E-state index is 4.60. The molecule has 2 heterocycles. The van der Waals surface area contributed by atoms with Gasteiger partial charge in [0.1, 0.15) is 0 Å². The predicted molar refractivity (Wildman–Crippen MR) is 135 cm³/mol. The highest BCUT2D eigenvalue weighted by molar-refractivity contribution is 6.12. The molecule has 0 amide bonds. The topological polar surface area (TPSA) is 30.2 Å². The minimum absolute atomic E-state index is 0.865. The van der Waals surface area contributed by atoms with E-state index in [0.29, 0.717) is 0 Å². The van der Waals surface area contributed by atoms with Crippen molar-refractivity contribution in [2.24, 2.45) is 0 Å². The van der Waals surface area contributed by atoms with Crippen LogP contribution in [0, 0.1) is 6.92 Å². The molecule has 0 bridgehead atoms. The highest BCUT2D eigenvalue weighted by Gasteiger charge is 2.15. The van der Waals surface area contributed by atoms with E-state index in [0.717, 1.165) is 27.9 Å². The van der Waals surface area contributed by atoms with Gasteiger partial charge in [-0.3, -0.25) is 4.40 Å². The Balaban J connectivity index is 0.00000105. The molecule has 0 aliphatic carbocycles. The second-order valence-electron chi connectivity index (χ2n) is 7.69. The summed E-state index contributed by atoms with van der Waals surface area (Å²) in [6.07, 6.45) is 0. The number of aryl methyl sites for hydroxylation is 1.